The molecular weight excluding hydrogens is 420 g/mol. The Morgan fingerprint density at radius 3 is 2.61 bits per heavy atom. The van der Waals surface area contributed by atoms with Crippen molar-refractivity contribution in [3.05, 3.63) is 82.4 Å². The number of aryl methyl sites for hydroxylation is 1. The predicted molar refractivity (Wildman–Crippen MR) is 123 cm³/mol. The number of benzene rings is 3. The summed E-state index contributed by atoms with van der Waals surface area (Å²) in [6, 6.07) is 18.7. The molecular formula is C24H18N6O3. The van der Waals surface area contributed by atoms with E-state index in [9.17, 15) is 20.3 Å². The Hall–Kier alpha value is -4.36. The van der Waals surface area contributed by atoms with Crippen molar-refractivity contribution in [1.29, 1.82) is 5.26 Å². The highest BCUT2D eigenvalue weighted by Crippen LogP contribution is 2.37. The van der Waals surface area contributed by atoms with Crippen LogP contribution in [0.15, 0.2) is 65.6 Å². The van der Waals surface area contributed by atoms with Crippen LogP contribution < -0.4 is 11.3 Å². The lowest BCUT2D eigenvalue weighted by Crippen LogP contribution is -2.38. The van der Waals surface area contributed by atoms with Gasteiger partial charge >= 0.3 is 0 Å². The van der Waals surface area contributed by atoms with E-state index in [1.165, 1.54) is 0 Å². The zero-order chi connectivity index (χ0) is 23.3. The maximum Gasteiger partial charge on any atom is 0.272 e. The normalized spacial score (nSPS) is 11.7. The van der Waals surface area contributed by atoms with E-state index < -0.39 is 11.5 Å². The van der Waals surface area contributed by atoms with E-state index in [0.29, 0.717) is 27.9 Å². The summed E-state index contributed by atoms with van der Waals surface area (Å²) in [7, 11) is 1.78. The van der Waals surface area contributed by atoms with E-state index in [1.54, 1.807) is 36.1 Å². The average molecular weight is 438 g/mol. The number of aromatic nitrogens is 4. The van der Waals surface area contributed by atoms with Gasteiger partial charge in [-0.25, -0.2) is 5.10 Å². The predicted octanol–water partition coefficient (Wildman–Crippen LogP) is 2.07. The first-order valence-corrected chi connectivity index (χ1v) is 10.0. The van der Waals surface area contributed by atoms with Gasteiger partial charge in [0.15, 0.2) is 0 Å². The van der Waals surface area contributed by atoms with Crippen LogP contribution in [0.1, 0.15) is 11.3 Å². The second kappa shape index (κ2) is 7.36. The maximum absolute atomic E-state index is 12.2. The molecule has 0 saturated heterocycles. The first-order chi connectivity index (χ1) is 15.8. The van der Waals surface area contributed by atoms with Crippen LogP contribution in [0.5, 0.6) is 0 Å². The number of nitrogens with one attached hydrogen (secondary N) is 1. The molecule has 5 rings (SSSR count). The highest BCUT2D eigenvalue weighted by Gasteiger charge is 2.26. The summed E-state index contributed by atoms with van der Waals surface area (Å²) >= 11 is 0. The number of hydrogen-bond donors (Lipinski definition) is 4. The second-order valence-electron chi connectivity index (χ2n) is 7.74. The largest absolute Gasteiger partial charge is 0.349 e. The Kier molecular flexibility index (Phi) is 4.58. The smallest absolute Gasteiger partial charge is 0.272 e. The van der Waals surface area contributed by atoms with Crippen LogP contribution in [0.3, 0.4) is 0 Å². The standard InChI is InChI=1S/C24H18N6O3/c1-30-21(16-8-6-13-4-2-3-5-15(13)19(16)11-25)20(12-27-30)14-7-9-17-18(10-14)22(24(26,32)33)28-29-23(17)31/h2-10,12,32-33H,26H2,1H3,(H,29,31). The number of fused-ring (bicyclic) bond motifs is 2. The molecule has 2 heterocycles. The summed E-state index contributed by atoms with van der Waals surface area (Å²) < 4.78 is 1.67. The third-order valence-corrected chi connectivity index (χ3v) is 5.68. The summed E-state index contributed by atoms with van der Waals surface area (Å²) in [4.78, 5) is 12.2. The number of hydrogen-bond acceptors (Lipinski definition) is 7. The molecule has 0 radical (unpaired) electrons. The molecule has 9 heteroatoms. The van der Waals surface area contributed by atoms with Gasteiger partial charge in [0, 0.05) is 28.9 Å². The highest BCUT2D eigenvalue weighted by molar-refractivity contribution is 5.97. The van der Waals surface area contributed by atoms with Gasteiger partial charge < -0.3 is 10.2 Å². The van der Waals surface area contributed by atoms with Gasteiger partial charge in [-0.3, -0.25) is 15.2 Å². The van der Waals surface area contributed by atoms with Crippen molar-refractivity contribution in [3.8, 4) is 28.5 Å². The van der Waals surface area contributed by atoms with E-state index in [4.69, 9.17) is 5.73 Å². The SMILES string of the molecule is Cn1ncc(-c2ccc3c(=O)[nH]nc(C(N)(O)O)c3c2)c1-c1ccc2ccccc2c1C#N. The fraction of sp³-hybridized carbons (Fsp3) is 0.0833. The number of nitrogens with zero attached hydrogens (tertiary/aromatic N) is 4. The Morgan fingerprint density at radius 1 is 1.06 bits per heavy atom. The summed E-state index contributed by atoms with van der Waals surface area (Å²) in [5, 5.41) is 42.4. The summed E-state index contributed by atoms with van der Waals surface area (Å²) in [5.74, 6) is -2.74. The van der Waals surface area contributed by atoms with E-state index >= 15 is 0 Å². The van der Waals surface area contributed by atoms with Gasteiger partial charge in [0.1, 0.15) is 11.8 Å². The molecule has 162 valence electrons. The highest BCUT2D eigenvalue weighted by atomic mass is 16.5. The van der Waals surface area contributed by atoms with Gasteiger partial charge in [-0.05, 0) is 23.1 Å². The number of nitriles is 1. The van der Waals surface area contributed by atoms with Crippen molar-refractivity contribution in [2.45, 2.75) is 5.91 Å². The quantitative estimate of drug-likeness (QED) is 0.314. The van der Waals surface area contributed by atoms with Crippen molar-refractivity contribution in [2.24, 2.45) is 12.8 Å². The summed E-state index contributed by atoms with van der Waals surface area (Å²) in [6.07, 6.45) is 1.65. The lowest BCUT2D eigenvalue weighted by Gasteiger charge is -2.17. The van der Waals surface area contributed by atoms with Crippen LogP contribution in [0.25, 0.3) is 43.9 Å². The molecule has 0 saturated carbocycles. The number of rotatable bonds is 3. The summed E-state index contributed by atoms with van der Waals surface area (Å²) in [5.41, 5.74) is 7.93. The van der Waals surface area contributed by atoms with Crippen molar-refractivity contribution >= 4 is 21.5 Å². The van der Waals surface area contributed by atoms with Crippen LogP contribution in [0.2, 0.25) is 0 Å². The fourth-order valence-electron chi connectivity index (χ4n) is 4.17. The zero-order valence-electron chi connectivity index (χ0n) is 17.4. The molecule has 0 amide bonds. The first kappa shape index (κ1) is 20.5. The molecule has 5 aromatic rings. The van der Waals surface area contributed by atoms with Gasteiger partial charge in [-0.1, -0.05) is 42.5 Å². The minimum atomic E-state index is -2.74. The Balaban J connectivity index is 1.79. The van der Waals surface area contributed by atoms with Crippen LogP contribution in [0.4, 0.5) is 0 Å². The van der Waals surface area contributed by atoms with E-state index in [1.807, 2.05) is 36.4 Å². The van der Waals surface area contributed by atoms with E-state index in [-0.39, 0.29) is 16.5 Å². The second-order valence-corrected chi connectivity index (χ2v) is 7.74. The van der Waals surface area contributed by atoms with Gasteiger partial charge in [-0.2, -0.15) is 15.5 Å². The molecule has 3 aromatic carbocycles. The Labute approximate surface area is 187 Å². The molecule has 5 N–H and O–H groups in total. The summed E-state index contributed by atoms with van der Waals surface area (Å²) in [6.45, 7) is 0. The molecule has 0 atom stereocenters. The number of nitrogens with two attached hydrogens (primary N) is 1. The number of aliphatic hydroxyl groups is 2. The first-order valence-electron chi connectivity index (χ1n) is 10.0. The molecule has 0 spiro atoms. The maximum atomic E-state index is 12.2. The van der Waals surface area contributed by atoms with E-state index in [0.717, 1.165) is 10.8 Å². The van der Waals surface area contributed by atoms with Gasteiger partial charge in [0.2, 0.25) is 0 Å². The molecule has 0 aliphatic carbocycles. The Bertz CT molecular complexity index is 1650. The number of aromatic amines is 1. The lowest BCUT2D eigenvalue weighted by atomic mass is 9.93. The molecule has 9 nitrogen and oxygen atoms in total. The fourth-order valence-corrected chi connectivity index (χ4v) is 4.17. The van der Waals surface area contributed by atoms with Crippen molar-refractivity contribution in [1.82, 2.24) is 20.0 Å². The van der Waals surface area contributed by atoms with Crippen LogP contribution in [-0.4, -0.2) is 30.2 Å². The van der Waals surface area contributed by atoms with Crippen molar-refractivity contribution < 1.29 is 10.2 Å². The average Bonchev–Trinajstić information content (AvgIpc) is 3.18. The monoisotopic (exact) mass is 438 g/mol. The third-order valence-electron chi connectivity index (χ3n) is 5.68. The van der Waals surface area contributed by atoms with Crippen LogP contribution >= 0.6 is 0 Å². The van der Waals surface area contributed by atoms with Crippen molar-refractivity contribution in [2.75, 3.05) is 0 Å². The van der Waals surface area contributed by atoms with Crippen LogP contribution in [0, 0.1) is 11.3 Å². The molecule has 0 fully saturated rings. The minimum Gasteiger partial charge on any atom is -0.349 e. The molecule has 0 unspecified atom stereocenters. The molecule has 2 aromatic heterocycles. The van der Waals surface area contributed by atoms with Gasteiger partial charge in [-0.15, -0.1) is 0 Å². The van der Waals surface area contributed by atoms with E-state index in [2.05, 4.69) is 21.4 Å². The third kappa shape index (κ3) is 3.26. The van der Waals surface area contributed by atoms with Crippen molar-refractivity contribution in [3.63, 3.8) is 0 Å². The molecule has 0 aliphatic rings. The van der Waals surface area contributed by atoms with Gasteiger partial charge in [0.05, 0.1) is 22.8 Å². The minimum absolute atomic E-state index is 0.192. The number of H-pyrrole nitrogens is 1. The zero-order valence-corrected chi connectivity index (χ0v) is 17.4. The Morgan fingerprint density at radius 2 is 1.85 bits per heavy atom. The van der Waals surface area contributed by atoms with Crippen LogP contribution in [-0.2, 0) is 13.0 Å². The topological polar surface area (TPSA) is 154 Å². The molecule has 33 heavy (non-hydrogen) atoms. The van der Waals surface area contributed by atoms with Gasteiger partial charge in [0.25, 0.3) is 11.5 Å². The lowest BCUT2D eigenvalue weighted by molar-refractivity contribution is -0.166. The molecule has 0 bridgehead atoms. The molecule has 0 aliphatic heterocycles.